The lowest BCUT2D eigenvalue weighted by Gasteiger charge is -2.23. The third-order valence-corrected chi connectivity index (χ3v) is 5.60. The van der Waals surface area contributed by atoms with Crippen LogP contribution in [0.4, 0.5) is 0 Å². The summed E-state index contributed by atoms with van der Waals surface area (Å²) in [6.45, 7) is 2.02. The van der Waals surface area contributed by atoms with Gasteiger partial charge < -0.3 is 15.4 Å². The second-order valence-corrected chi connectivity index (χ2v) is 7.36. The zero-order valence-electron chi connectivity index (χ0n) is 15.4. The molecule has 2 aliphatic rings. The summed E-state index contributed by atoms with van der Waals surface area (Å²) in [5.74, 6) is 1.65. The van der Waals surface area contributed by atoms with Gasteiger partial charge in [0, 0.05) is 25.0 Å². The summed E-state index contributed by atoms with van der Waals surface area (Å²) in [4.78, 5) is 14.7. The van der Waals surface area contributed by atoms with Crippen molar-refractivity contribution in [2.24, 2.45) is 11.7 Å². The Kier molecular flexibility index (Phi) is 6.40. The van der Waals surface area contributed by atoms with Gasteiger partial charge in [0.1, 0.15) is 12.4 Å². The number of benzene rings is 2. The second-order valence-electron chi connectivity index (χ2n) is 7.36. The average Bonchev–Trinajstić information content (AvgIpc) is 3.35. The highest BCUT2D eigenvalue weighted by atomic mass is 35.5. The molecule has 4 nitrogen and oxygen atoms in total. The monoisotopic (exact) mass is 386 g/mol. The maximum absolute atomic E-state index is 12.7. The fourth-order valence-electron chi connectivity index (χ4n) is 3.97. The number of rotatable bonds is 6. The van der Waals surface area contributed by atoms with Crippen LogP contribution in [0.25, 0.3) is 0 Å². The van der Waals surface area contributed by atoms with Gasteiger partial charge in [-0.3, -0.25) is 4.79 Å². The molecule has 4 rings (SSSR count). The Balaban J connectivity index is 0.00000210. The number of hydrogen-bond acceptors (Lipinski definition) is 3. The van der Waals surface area contributed by atoms with Crippen molar-refractivity contribution in [2.45, 2.75) is 37.8 Å². The number of carbonyl (C=O) groups excluding carboxylic acids is 1. The predicted molar refractivity (Wildman–Crippen MR) is 109 cm³/mol. The molecule has 144 valence electrons. The Morgan fingerprint density at radius 3 is 2.56 bits per heavy atom. The lowest BCUT2D eigenvalue weighted by molar-refractivity contribution is -0.133. The van der Waals surface area contributed by atoms with Crippen molar-refractivity contribution < 1.29 is 9.53 Å². The van der Waals surface area contributed by atoms with E-state index in [1.54, 1.807) is 0 Å². The van der Waals surface area contributed by atoms with Gasteiger partial charge in [0.25, 0.3) is 0 Å². The molecule has 0 aromatic heterocycles. The average molecular weight is 387 g/mol. The maximum Gasteiger partial charge on any atom is 0.226 e. The summed E-state index contributed by atoms with van der Waals surface area (Å²) in [6, 6.07) is 18.6. The molecule has 5 heteroatoms. The largest absolute Gasteiger partial charge is 0.489 e. The van der Waals surface area contributed by atoms with E-state index in [1.165, 1.54) is 5.56 Å². The number of nitrogens with two attached hydrogens (primary N) is 1. The molecule has 1 saturated heterocycles. The van der Waals surface area contributed by atoms with Crippen molar-refractivity contribution in [1.29, 1.82) is 0 Å². The first kappa shape index (κ1) is 19.7. The smallest absolute Gasteiger partial charge is 0.226 e. The molecule has 0 spiro atoms. The molecular weight excluding hydrogens is 360 g/mol. The van der Waals surface area contributed by atoms with Gasteiger partial charge >= 0.3 is 0 Å². The van der Waals surface area contributed by atoms with Gasteiger partial charge in [-0.25, -0.2) is 0 Å². The fraction of sp³-hybridized carbons (Fsp3) is 0.409. The van der Waals surface area contributed by atoms with Crippen LogP contribution < -0.4 is 10.5 Å². The van der Waals surface area contributed by atoms with Crippen molar-refractivity contribution >= 4 is 18.3 Å². The summed E-state index contributed by atoms with van der Waals surface area (Å²) >= 11 is 0. The van der Waals surface area contributed by atoms with Gasteiger partial charge in [0.05, 0.1) is 0 Å². The Labute approximate surface area is 167 Å². The zero-order valence-corrected chi connectivity index (χ0v) is 16.2. The molecule has 1 heterocycles. The third-order valence-electron chi connectivity index (χ3n) is 5.60. The Hall–Kier alpha value is -2.04. The van der Waals surface area contributed by atoms with Crippen molar-refractivity contribution in [3.63, 3.8) is 0 Å². The molecule has 2 N–H and O–H groups in total. The Morgan fingerprint density at radius 1 is 1.11 bits per heavy atom. The van der Waals surface area contributed by atoms with E-state index in [1.807, 2.05) is 35.2 Å². The molecule has 0 bridgehead atoms. The highest BCUT2D eigenvalue weighted by molar-refractivity contribution is 5.85. The molecule has 1 amide bonds. The van der Waals surface area contributed by atoms with Crippen LogP contribution in [0.3, 0.4) is 0 Å². The summed E-state index contributed by atoms with van der Waals surface area (Å²) in [5, 5.41) is 0. The van der Waals surface area contributed by atoms with Crippen molar-refractivity contribution in [3.8, 4) is 5.75 Å². The molecule has 0 radical (unpaired) electrons. The molecule has 3 atom stereocenters. The van der Waals surface area contributed by atoms with E-state index in [0.29, 0.717) is 25.0 Å². The molecule has 1 aliphatic heterocycles. The van der Waals surface area contributed by atoms with E-state index in [4.69, 9.17) is 10.5 Å². The first-order valence-electron chi connectivity index (χ1n) is 9.53. The zero-order chi connectivity index (χ0) is 17.9. The van der Waals surface area contributed by atoms with Crippen LogP contribution >= 0.6 is 12.4 Å². The van der Waals surface area contributed by atoms with E-state index in [-0.39, 0.29) is 24.4 Å². The van der Waals surface area contributed by atoms with Crippen LogP contribution in [-0.4, -0.2) is 29.9 Å². The fourth-order valence-corrected chi connectivity index (χ4v) is 3.97. The lowest BCUT2D eigenvalue weighted by atomic mass is 10.1. The van der Waals surface area contributed by atoms with Gasteiger partial charge in [-0.1, -0.05) is 42.5 Å². The first-order valence-corrected chi connectivity index (χ1v) is 9.53. The van der Waals surface area contributed by atoms with E-state index < -0.39 is 0 Å². The van der Waals surface area contributed by atoms with E-state index in [2.05, 4.69) is 24.3 Å². The van der Waals surface area contributed by atoms with Crippen LogP contribution in [0.2, 0.25) is 0 Å². The quantitative estimate of drug-likeness (QED) is 0.822. The summed E-state index contributed by atoms with van der Waals surface area (Å²) in [7, 11) is 0. The standard InChI is InChI=1S/C22H26N2O2.ClH/c23-14-18-7-4-12-24(18)22(25)21-13-20(21)17-8-10-19(11-9-17)26-15-16-5-2-1-3-6-16;/h1-3,5-6,8-11,18,20-21H,4,7,12-15,23H2;1H. The van der Waals surface area contributed by atoms with Crippen LogP contribution in [0.15, 0.2) is 54.6 Å². The molecule has 2 aromatic rings. The van der Waals surface area contributed by atoms with E-state index in [9.17, 15) is 4.79 Å². The Morgan fingerprint density at radius 2 is 1.85 bits per heavy atom. The normalized spacial score (nSPS) is 23.6. The number of likely N-dealkylation sites (tertiary alicyclic amines) is 1. The molecule has 2 fully saturated rings. The molecule has 1 saturated carbocycles. The van der Waals surface area contributed by atoms with Gasteiger partial charge in [-0.05, 0) is 48.4 Å². The highest BCUT2D eigenvalue weighted by Gasteiger charge is 2.47. The minimum Gasteiger partial charge on any atom is -0.489 e. The van der Waals surface area contributed by atoms with Crippen LogP contribution in [0.5, 0.6) is 5.75 Å². The van der Waals surface area contributed by atoms with Crippen molar-refractivity contribution in [2.75, 3.05) is 13.1 Å². The van der Waals surface area contributed by atoms with E-state index >= 15 is 0 Å². The topological polar surface area (TPSA) is 55.6 Å². The van der Waals surface area contributed by atoms with Crippen LogP contribution in [0, 0.1) is 5.92 Å². The number of amides is 1. The molecule has 27 heavy (non-hydrogen) atoms. The Bertz CT molecular complexity index is 751. The molecular formula is C22H27ClN2O2. The molecule has 1 aliphatic carbocycles. The number of hydrogen-bond donors (Lipinski definition) is 1. The van der Waals surface area contributed by atoms with E-state index in [0.717, 1.165) is 37.1 Å². The second kappa shape index (κ2) is 8.77. The summed E-state index contributed by atoms with van der Waals surface area (Å²) < 4.78 is 5.84. The van der Waals surface area contributed by atoms with Crippen molar-refractivity contribution in [1.82, 2.24) is 4.90 Å². The van der Waals surface area contributed by atoms with Gasteiger partial charge in [0.2, 0.25) is 5.91 Å². The highest BCUT2D eigenvalue weighted by Crippen LogP contribution is 2.49. The molecule has 3 unspecified atom stereocenters. The van der Waals surface area contributed by atoms with Gasteiger partial charge in [-0.15, -0.1) is 12.4 Å². The number of carbonyl (C=O) groups is 1. The van der Waals surface area contributed by atoms with Crippen LogP contribution in [-0.2, 0) is 11.4 Å². The summed E-state index contributed by atoms with van der Waals surface area (Å²) in [6.07, 6.45) is 3.09. The van der Waals surface area contributed by atoms with Crippen molar-refractivity contribution in [3.05, 3.63) is 65.7 Å². The number of ether oxygens (including phenoxy) is 1. The SMILES string of the molecule is Cl.NCC1CCCN1C(=O)C1CC1c1ccc(OCc2ccccc2)cc1. The number of halogens is 1. The number of nitrogens with zero attached hydrogens (tertiary/aromatic N) is 1. The van der Waals surface area contributed by atoms with Crippen LogP contribution in [0.1, 0.15) is 36.3 Å². The predicted octanol–water partition coefficient (Wildman–Crippen LogP) is 3.74. The molecule has 2 aromatic carbocycles. The minimum absolute atomic E-state index is 0. The van der Waals surface area contributed by atoms with Gasteiger partial charge in [0.15, 0.2) is 0 Å². The maximum atomic E-state index is 12.7. The third kappa shape index (κ3) is 4.45. The lowest BCUT2D eigenvalue weighted by Crippen LogP contribution is -2.40. The minimum atomic E-state index is 0. The van der Waals surface area contributed by atoms with Gasteiger partial charge in [-0.2, -0.15) is 0 Å². The summed E-state index contributed by atoms with van der Waals surface area (Å²) in [5.41, 5.74) is 8.20. The first-order chi connectivity index (χ1) is 12.8.